The van der Waals surface area contributed by atoms with E-state index in [1.165, 1.54) is 154 Å². The van der Waals surface area contributed by atoms with E-state index in [1.807, 2.05) is 6.08 Å². The van der Waals surface area contributed by atoms with Gasteiger partial charge in [-0.25, -0.2) is 0 Å². The van der Waals surface area contributed by atoms with Crippen LogP contribution in [0.2, 0.25) is 0 Å². The van der Waals surface area contributed by atoms with Gasteiger partial charge in [0.05, 0.1) is 18.8 Å². The van der Waals surface area contributed by atoms with E-state index in [1.54, 1.807) is 6.08 Å². The first-order valence-corrected chi connectivity index (χ1v) is 34.3. The van der Waals surface area contributed by atoms with Crippen molar-refractivity contribution in [2.24, 2.45) is 0 Å². The zero-order valence-electron chi connectivity index (χ0n) is 53.4. The molecule has 464 valence electrons. The molecular formula is C78H129NO3. The monoisotopic (exact) mass is 1130 g/mol. The van der Waals surface area contributed by atoms with Crippen molar-refractivity contribution in [1.82, 2.24) is 5.32 Å². The molecule has 4 nitrogen and oxygen atoms in total. The average molecular weight is 1130 g/mol. The lowest BCUT2D eigenvalue weighted by molar-refractivity contribution is -0.123. The fourth-order valence-corrected chi connectivity index (χ4v) is 9.51. The molecule has 4 heteroatoms. The smallest absolute Gasteiger partial charge is 0.220 e. The summed E-state index contributed by atoms with van der Waals surface area (Å²) in [4.78, 5) is 12.5. The predicted molar refractivity (Wildman–Crippen MR) is 367 cm³/mol. The number of carbonyl (C=O) groups excluding carboxylic acids is 1. The van der Waals surface area contributed by atoms with E-state index in [9.17, 15) is 15.0 Å². The molecule has 0 bridgehead atoms. The SMILES string of the molecule is CC/C=C\C/C=C\C/C=C\C/C=C\C/C=C\C/C=C\C/C=C\C/C=C\C/C=C\C/C=C\C/C=C\CCCCCCCCCC(=O)NC(CO)C(O)/C=C/CC/C=C/CC/C=C/CCCCCCCCCCCCCCCCCCCCC. The van der Waals surface area contributed by atoms with Crippen molar-refractivity contribution in [2.75, 3.05) is 6.61 Å². The Morgan fingerprint density at radius 3 is 0.854 bits per heavy atom. The summed E-state index contributed by atoms with van der Waals surface area (Å²) in [6.07, 6.45) is 114. The molecule has 0 aromatic carbocycles. The molecule has 0 aliphatic rings. The fraction of sp³-hybridized carbons (Fsp3) is 0.628. The molecule has 0 heterocycles. The Morgan fingerprint density at radius 2 is 0.549 bits per heavy atom. The van der Waals surface area contributed by atoms with Crippen molar-refractivity contribution in [3.8, 4) is 0 Å². The highest BCUT2D eigenvalue weighted by Crippen LogP contribution is 2.16. The van der Waals surface area contributed by atoms with E-state index in [2.05, 4.69) is 177 Å². The minimum absolute atomic E-state index is 0.0941. The van der Waals surface area contributed by atoms with Crippen molar-refractivity contribution in [1.29, 1.82) is 0 Å². The Hall–Kier alpha value is -4.25. The van der Waals surface area contributed by atoms with Crippen LogP contribution in [-0.4, -0.2) is 34.9 Å². The van der Waals surface area contributed by atoms with Crippen LogP contribution < -0.4 is 5.32 Å². The van der Waals surface area contributed by atoms with Gasteiger partial charge in [0.1, 0.15) is 0 Å². The molecular weight excluding hydrogens is 999 g/mol. The van der Waals surface area contributed by atoms with Gasteiger partial charge in [-0.1, -0.05) is 332 Å². The van der Waals surface area contributed by atoms with Gasteiger partial charge < -0.3 is 15.5 Å². The lowest BCUT2D eigenvalue weighted by Crippen LogP contribution is -2.45. The molecule has 3 N–H and O–H groups in total. The number of rotatable bonds is 61. The quantitative estimate of drug-likeness (QED) is 0.0420. The van der Waals surface area contributed by atoms with Gasteiger partial charge in [0.2, 0.25) is 5.91 Å². The lowest BCUT2D eigenvalue weighted by Gasteiger charge is -2.19. The molecule has 0 aliphatic carbocycles. The summed E-state index contributed by atoms with van der Waals surface area (Å²) >= 11 is 0. The van der Waals surface area contributed by atoms with Gasteiger partial charge in [0, 0.05) is 6.42 Å². The normalized spacial score (nSPS) is 13.9. The van der Waals surface area contributed by atoms with Crippen molar-refractivity contribution in [3.05, 3.63) is 170 Å². The molecule has 1 amide bonds. The fourth-order valence-electron chi connectivity index (χ4n) is 9.51. The van der Waals surface area contributed by atoms with Crippen LogP contribution in [-0.2, 0) is 4.79 Å². The molecule has 0 rings (SSSR count). The third-order valence-electron chi connectivity index (χ3n) is 14.7. The van der Waals surface area contributed by atoms with E-state index >= 15 is 0 Å². The third-order valence-corrected chi connectivity index (χ3v) is 14.7. The molecule has 0 spiro atoms. The summed E-state index contributed by atoms with van der Waals surface area (Å²) in [5, 5.41) is 23.2. The maximum Gasteiger partial charge on any atom is 0.220 e. The number of nitrogens with one attached hydrogen (secondary N) is 1. The Bertz CT molecular complexity index is 1760. The van der Waals surface area contributed by atoms with Crippen molar-refractivity contribution >= 4 is 5.91 Å². The largest absolute Gasteiger partial charge is 0.394 e. The van der Waals surface area contributed by atoms with Crippen LogP contribution in [0.15, 0.2) is 170 Å². The summed E-state index contributed by atoms with van der Waals surface area (Å²) in [5.41, 5.74) is 0. The van der Waals surface area contributed by atoms with Crippen LogP contribution in [0.25, 0.3) is 0 Å². The summed E-state index contributed by atoms with van der Waals surface area (Å²) in [6, 6.07) is -0.666. The first-order valence-electron chi connectivity index (χ1n) is 34.3. The molecule has 0 aromatic rings. The van der Waals surface area contributed by atoms with Crippen LogP contribution >= 0.6 is 0 Å². The number of amides is 1. The first-order chi connectivity index (χ1) is 40.7. The van der Waals surface area contributed by atoms with Gasteiger partial charge in [0.15, 0.2) is 0 Å². The van der Waals surface area contributed by atoms with Crippen molar-refractivity contribution in [3.63, 3.8) is 0 Å². The van der Waals surface area contributed by atoms with Crippen LogP contribution in [0.3, 0.4) is 0 Å². The van der Waals surface area contributed by atoms with Gasteiger partial charge in [-0.3, -0.25) is 4.79 Å². The van der Waals surface area contributed by atoms with Crippen molar-refractivity contribution < 1.29 is 15.0 Å². The van der Waals surface area contributed by atoms with E-state index < -0.39 is 12.1 Å². The lowest BCUT2D eigenvalue weighted by atomic mass is 10.0. The highest BCUT2D eigenvalue weighted by molar-refractivity contribution is 5.76. The highest BCUT2D eigenvalue weighted by atomic mass is 16.3. The summed E-state index contributed by atoms with van der Waals surface area (Å²) in [5.74, 6) is -0.0941. The van der Waals surface area contributed by atoms with E-state index in [4.69, 9.17) is 0 Å². The predicted octanol–water partition coefficient (Wildman–Crippen LogP) is 23.8. The number of carbonyl (C=O) groups is 1. The van der Waals surface area contributed by atoms with E-state index in [0.29, 0.717) is 6.42 Å². The molecule has 0 aromatic heterocycles. The second-order valence-electron chi connectivity index (χ2n) is 22.5. The third kappa shape index (κ3) is 66.5. The second-order valence-corrected chi connectivity index (χ2v) is 22.5. The number of aliphatic hydroxyl groups excluding tert-OH is 2. The summed E-state index contributed by atoms with van der Waals surface area (Å²) in [7, 11) is 0. The van der Waals surface area contributed by atoms with Gasteiger partial charge in [-0.05, 0) is 128 Å². The highest BCUT2D eigenvalue weighted by Gasteiger charge is 2.18. The number of aliphatic hydroxyl groups is 2. The number of hydrogen-bond acceptors (Lipinski definition) is 3. The molecule has 0 radical (unpaired) electrons. The summed E-state index contributed by atoms with van der Waals surface area (Å²) in [6.45, 7) is 4.19. The molecule has 0 saturated heterocycles. The molecule has 82 heavy (non-hydrogen) atoms. The standard InChI is InChI=1S/C78H129NO3/c1-3-5-7-9-11-13-15-17-19-21-23-25-27-29-31-33-34-35-36-37-38-39-40-41-42-43-44-46-48-50-52-54-56-58-60-62-64-66-68-70-72-74-78(82)79-76(75-80)77(81)73-71-69-67-65-63-61-59-57-55-53-51-49-47-45-32-30-28-26-24-22-20-18-16-14-12-10-8-6-4-2/h5,7,11,13,17,19,23,25,29,31,34-35,37-38,40-41,43-44,48,50,54-57,63,65,71,73,76-77,80-81H,3-4,6,8-10,12,14-16,18,20-22,24,26-28,30,32-33,36,39,42,45-47,49,51-53,58-62,64,66-70,72,74-75H2,1-2H3,(H,79,82)/b7-5-,13-11-,19-17-,25-23-,31-29-,35-34-,38-37-,41-40-,44-43-,50-48-,56-54-,57-55+,65-63+,73-71+. The average Bonchev–Trinajstić information content (AvgIpc) is 3.50. The van der Waals surface area contributed by atoms with Crippen molar-refractivity contribution in [2.45, 2.75) is 309 Å². The number of hydrogen-bond donors (Lipinski definition) is 3. The maximum atomic E-state index is 12.5. The number of unbranched alkanes of at least 4 members (excludes halogenated alkanes) is 28. The maximum absolute atomic E-state index is 12.5. The Kier molecular flexibility index (Phi) is 67.3. The van der Waals surface area contributed by atoms with E-state index in [0.717, 1.165) is 122 Å². The zero-order chi connectivity index (χ0) is 59.1. The van der Waals surface area contributed by atoms with E-state index in [-0.39, 0.29) is 12.5 Å². The summed E-state index contributed by atoms with van der Waals surface area (Å²) < 4.78 is 0. The van der Waals surface area contributed by atoms with Gasteiger partial charge >= 0.3 is 0 Å². The second kappa shape index (κ2) is 71.0. The topological polar surface area (TPSA) is 69.6 Å². The minimum atomic E-state index is -0.889. The van der Waals surface area contributed by atoms with Gasteiger partial charge in [0.25, 0.3) is 0 Å². The van der Waals surface area contributed by atoms with Crippen LogP contribution in [0.5, 0.6) is 0 Å². The first kappa shape index (κ1) is 77.8. The van der Waals surface area contributed by atoms with Crippen LogP contribution in [0.4, 0.5) is 0 Å². The van der Waals surface area contributed by atoms with Gasteiger partial charge in [-0.15, -0.1) is 0 Å². The molecule has 0 aliphatic heterocycles. The molecule has 0 fully saturated rings. The van der Waals surface area contributed by atoms with Crippen LogP contribution in [0, 0.1) is 0 Å². The van der Waals surface area contributed by atoms with Gasteiger partial charge in [-0.2, -0.15) is 0 Å². The molecule has 2 unspecified atom stereocenters. The Balaban J connectivity index is 3.66. The van der Waals surface area contributed by atoms with Crippen LogP contribution in [0.1, 0.15) is 296 Å². The zero-order valence-corrected chi connectivity index (χ0v) is 53.4. The Morgan fingerprint density at radius 1 is 0.305 bits per heavy atom. The molecule has 0 saturated carbocycles. The molecule has 2 atom stereocenters. The number of allylic oxidation sites excluding steroid dienone is 27. The Labute approximate surface area is 508 Å². The minimum Gasteiger partial charge on any atom is -0.394 e.